The van der Waals surface area contributed by atoms with Crippen molar-refractivity contribution in [2.24, 2.45) is 0 Å². The molecule has 1 nitrogen and oxygen atoms in total. The number of nitrogens with one attached hydrogen (secondary N) is 1. The molecule has 1 heterocycles. The Labute approximate surface area is 113 Å². The van der Waals surface area contributed by atoms with Gasteiger partial charge in [0.2, 0.25) is 0 Å². The predicted molar refractivity (Wildman–Crippen MR) is 79.3 cm³/mol. The first-order valence-corrected chi connectivity index (χ1v) is 7.13. The van der Waals surface area contributed by atoms with Gasteiger partial charge in [0.05, 0.1) is 0 Å². The summed E-state index contributed by atoms with van der Waals surface area (Å²) >= 11 is 1.91. The highest BCUT2D eigenvalue weighted by molar-refractivity contribution is 8.00. The third kappa shape index (κ3) is 1.91. The molecule has 2 aromatic rings. The van der Waals surface area contributed by atoms with E-state index in [-0.39, 0.29) is 0 Å². The summed E-state index contributed by atoms with van der Waals surface area (Å²) in [5, 5.41) is 3.96. The number of fused-ring (bicyclic) bond motifs is 1. The topological polar surface area (TPSA) is 12.0 Å². The second-order valence-corrected chi connectivity index (χ2v) is 6.10. The van der Waals surface area contributed by atoms with Crippen molar-refractivity contribution in [1.82, 2.24) is 0 Å². The van der Waals surface area contributed by atoms with Gasteiger partial charge in [0.1, 0.15) is 5.37 Å². The number of hydrogen-bond donors (Lipinski definition) is 1. The monoisotopic (exact) mass is 255 g/mol. The Morgan fingerprint density at radius 1 is 1.00 bits per heavy atom. The lowest BCUT2D eigenvalue weighted by atomic mass is 9.99. The molecular weight excluding hydrogens is 238 g/mol. The van der Waals surface area contributed by atoms with Gasteiger partial charge in [-0.2, -0.15) is 0 Å². The average molecular weight is 255 g/mol. The van der Waals surface area contributed by atoms with Crippen LogP contribution in [0.4, 0.5) is 5.69 Å². The molecule has 0 spiro atoms. The van der Waals surface area contributed by atoms with Crippen molar-refractivity contribution in [3.8, 4) is 0 Å². The van der Waals surface area contributed by atoms with E-state index in [9.17, 15) is 0 Å². The van der Waals surface area contributed by atoms with Gasteiger partial charge in [0.25, 0.3) is 0 Å². The second-order valence-electron chi connectivity index (χ2n) is 4.95. The van der Waals surface area contributed by atoms with Gasteiger partial charge in [-0.15, -0.1) is 0 Å². The summed E-state index contributed by atoms with van der Waals surface area (Å²) in [6.07, 6.45) is 0. The molecule has 0 aromatic heterocycles. The van der Waals surface area contributed by atoms with Crippen LogP contribution in [0.3, 0.4) is 0 Å². The number of benzene rings is 2. The maximum Gasteiger partial charge on any atom is 0.103 e. The van der Waals surface area contributed by atoms with Crippen LogP contribution >= 0.6 is 11.8 Å². The van der Waals surface area contributed by atoms with E-state index in [1.54, 1.807) is 0 Å². The summed E-state index contributed by atoms with van der Waals surface area (Å²) in [7, 11) is 0. The Balaban J connectivity index is 2.00. The quantitative estimate of drug-likeness (QED) is 0.783. The molecule has 3 rings (SSSR count). The number of rotatable bonds is 1. The molecule has 0 saturated carbocycles. The molecular formula is C16H17NS. The van der Waals surface area contributed by atoms with Crippen LogP contribution in [0.25, 0.3) is 0 Å². The van der Waals surface area contributed by atoms with Gasteiger partial charge in [-0.3, -0.25) is 0 Å². The van der Waals surface area contributed by atoms with E-state index in [0.717, 1.165) is 0 Å². The third-order valence-electron chi connectivity index (χ3n) is 3.42. The number of anilines is 1. The first-order valence-electron chi connectivity index (χ1n) is 6.25. The first kappa shape index (κ1) is 11.7. The van der Waals surface area contributed by atoms with Gasteiger partial charge in [-0.05, 0) is 49.6 Å². The van der Waals surface area contributed by atoms with Gasteiger partial charge in [-0.25, -0.2) is 0 Å². The Kier molecular flexibility index (Phi) is 2.83. The maximum atomic E-state index is 3.61. The van der Waals surface area contributed by atoms with E-state index < -0.39 is 0 Å². The van der Waals surface area contributed by atoms with Crippen LogP contribution < -0.4 is 5.32 Å². The minimum absolute atomic E-state index is 0.350. The summed E-state index contributed by atoms with van der Waals surface area (Å²) in [4.78, 5) is 1.35. The standard InChI is InChI=1S/C16H17NS/c1-10-8-11(2)15(12(3)9-10)16-17-13-6-4-5-7-14(13)18-16/h4-9,16-17H,1-3H3/t16-/m1/s1. The molecule has 0 radical (unpaired) electrons. The molecule has 0 bridgehead atoms. The van der Waals surface area contributed by atoms with Gasteiger partial charge < -0.3 is 5.32 Å². The van der Waals surface area contributed by atoms with Crippen molar-refractivity contribution in [2.75, 3.05) is 5.32 Å². The van der Waals surface area contributed by atoms with Gasteiger partial charge in [0, 0.05) is 10.6 Å². The number of aryl methyl sites for hydroxylation is 3. The van der Waals surface area contributed by atoms with Crippen LogP contribution in [0, 0.1) is 20.8 Å². The fraction of sp³-hybridized carbons (Fsp3) is 0.250. The molecule has 18 heavy (non-hydrogen) atoms. The fourth-order valence-corrected chi connectivity index (χ4v) is 4.06. The third-order valence-corrected chi connectivity index (χ3v) is 4.62. The van der Waals surface area contributed by atoms with E-state index in [2.05, 4.69) is 62.5 Å². The molecule has 1 N–H and O–H groups in total. The summed E-state index contributed by atoms with van der Waals surface area (Å²) in [5.74, 6) is 0. The molecule has 0 saturated heterocycles. The van der Waals surface area contributed by atoms with Crippen molar-refractivity contribution in [3.63, 3.8) is 0 Å². The zero-order valence-electron chi connectivity index (χ0n) is 10.9. The van der Waals surface area contributed by atoms with Crippen LogP contribution in [0.1, 0.15) is 27.6 Å². The summed E-state index contributed by atoms with van der Waals surface area (Å²) in [5.41, 5.74) is 6.79. The highest BCUT2D eigenvalue weighted by Gasteiger charge is 2.24. The molecule has 1 aliphatic heterocycles. The lowest BCUT2D eigenvalue weighted by Crippen LogP contribution is -2.06. The highest BCUT2D eigenvalue weighted by atomic mass is 32.2. The van der Waals surface area contributed by atoms with Crippen LogP contribution in [0.15, 0.2) is 41.3 Å². The second kappa shape index (κ2) is 4.36. The van der Waals surface area contributed by atoms with Gasteiger partial charge in [-0.1, -0.05) is 41.6 Å². The van der Waals surface area contributed by atoms with Crippen LogP contribution in [0.2, 0.25) is 0 Å². The Bertz CT molecular complexity index is 556. The van der Waals surface area contributed by atoms with Crippen molar-refractivity contribution in [3.05, 3.63) is 58.7 Å². The average Bonchev–Trinajstić information content (AvgIpc) is 2.70. The van der Waals surface area contributed by atoms with Gasteiger partial charge in [0.15, 0.2) is 0 Å². The molecule has 0 aliphatic carbocycles. The van der Waals surface area contributed by atoms with E-state index in [0.29, 0.717) is 5.37 Å². The summed E-state index contributed by atoms with van der Waals surface area (Å²) in [6.45, 7) is 6.58. The molecule has 1 aliphatic rings. The lowest BCUT2D eigenvalue weighted by Gasteiger charge is -2.17. The Hall–Kier alpha value is -1.41. The van der Waals surface area contributed by atoms with Crippen molar-refractivity contribution in [1.29, 1.82) is 0 Å². The molecule has 92 valence electrons. The summed E-state index contributed by atoms with van der Waals surface area (Å²) < 4.78 is 0. The molecule has 0 unspecified atom stereocenters. The lowest BCUT2D eigenvalue weighted by molar-refractivity contribution is 1.07. The van der Waals surface area contributed by atoms with E-state index in [1.165, 1.54) is 32.8 Å². The predicted octanol–water partition coefficient (Wildman–Crippen LogP) is 4.83. The molecule has 2 aromatic carbocycles. The van der Waals surface area contributed by atoms with E-state index in [1.807, 2.05) is 11.8 Å². The van der Waals surface area contributed by atoms with Crippen molar-refractivity contribution in [2.45, 2.75) is 31.0 Å². The van der Waals surface area contributed by atoms with E-state index in [4.69, 9.17) is 0 Å². The molecule has 1 atom stereocenters. The maximum absolute atomic E-state index is 3.61. The number of thioether (sulfide) groups is 1. The van der Waals surface area contributed by atoms with Crippen molar-refractivity contribution >= 4 is 17.4 Å². The number of hydrogen-bond acceptors (Lipinski definition) is 2. The zero-order valence-corrected chi connectivity index (χ0v) is 11.8. The Morgan fingerprint density at radius 2 is 1.67 bits per heavy atom. The SMILES string of the molecule is Cc1cc(C)c([C@@H]2Nc3ccccc3S2)c(C)c1. The van der Waals surface area contributed by atoms with Crippen molar-refractivity contribution < 1.29 is 0 Å². The fourth-order valence-electron chi connectivity index (χ4n) is 2.72. The normalized spacial score (nSPS) is 17.4. The largest absolute Gasteiger partial charge is 0.368 e. The van der Waals surface area contributed by atoms with Crippen LogP contribution in [-0.4, -0.2) is 0 Å². The molecule has 0 fully saturated rings. The minimum Gasteiger partial charge on any atom is -0.368 e. The van der Waals surface area contributed by atoms with Crippen LogP contribution in [-0.2, 0) is 0 Å². The number of para-hydroxylation sites is 1. The smallest absolute Gasteiger partial charge is 0.103 e. The summed E-state index contributed by atoms with van der Waals surface area (Å²) in [6, 6.07) is 13.1. The van der Waals surface area contributed by atoms with E-state index >= 15 is 0 Å². The Morgan fingerprint density at radius 3 is 2.33 bits per heavy atom. The van der Waals surface area contributed by atoms with Crippen LogP contribution in [0.5, 0.6) is 0 Å². The molecule has 0 amide bonds. The highest BCUT2D eigenvalue weighted by Crippen LogP contribution is 2.47. The first-order chi connectivity index (χ1) is 8.65. The van der Waals surface area contributed by atoms with Gasteiger partial charge >= 0.3 is 0 Å². The zero-order chi connectivity index (χ0) is 12.7. The molecule has 2 heteroatoms. The minimum atomic E-state index is 0.350.